The molecule has 1 heterocycles. The number of rotatable bonds is 3. The van der Waals surface area contributed by atoms with Crippen molar-refractivity contribution < 1.29 is 0 Å². The van der Waals surface area contributed by atoms with Crippen LogP contribution in [0.15, 0.2) is 53.3 Å². The molecule has 3 aromatic rings. The first-order valence-corrected chi connectivity index (χ1v) is 7.17. The van der Waals surface area contributed by atoms with Crippen LogP contribution in [0.4, 0.5) is 0 Å². The van der Waals surface area contributed by atoms with Crippen molar-refractivity contribution in [2.75, 3.05) is 0 Å². The molecule has 0 aliphatic rings. The van der Waals surface area contributed by atoms with Gasteiger partial charge in [-0.2, -0.15) is 12.6 Å². The lowest BCUT2D eigenvalue weighted by Gasteiger charge is -2.04. The molecule has 3 nitrogen and oxygen atoms in total. The van der Waals surface area contributed by atoms with E-state index in [9.17, 15) is 4.79 Å². The molecule has 0 fully saturated rings. The third kappa shape index (κ3) is 2.16. The van der Waals surface area contributed by atoms with Gasteiger partial charge in [0.05, 0.1) is 17.6 Å². The monoisotopic (exact) mass is 284 g/mol. The molecule has 0 radical (unpaired) electrons. The van der Waals surface area contributed by atoms with E-state index in [0.717, 1.165) is 22.3 Å². The largest absolute Gasteiger partial charge is 0.329 e. The fraction of sp³-hybridized carbons (Fsp3) is 0.188. The maximum absolute atomic E-state index is 12.3. The van der Waals surface area contributed by atoms with Gasteiger partial charge >= 0.3 is 5.69 Å². The molecule has 2 aromatic carbocycles. The smallest absolute Gasteiger partial charge is 0.295 e. The molecule has 0 amide bonds. The second-order valence-electron chi connectivity index (χ2n) is 4.89. The van der Waals surface area contributed by atoms with E-state index in [1.165, 1.54) is 5.56 Å². The molecule has 0 unspecified atom stereocenters. The van der Waals surface area contributed by atoms with Crippen molar-refractivity contribution in [1.82, 2.24) is 9.13 Å². The van der Waals surface area contributed by atoms with Crippen molar-refractivity contribution in [3.8, 4) is 0 Å². The molecule has 0 saturated heterocycles. The normalized spacial score (nSPS) is 11.1. The van der Waals surface area contributed by atoms with E-state index in [1.54, 1.807) is 4.57 Å². The van der Waals surface area contributed by atoms with Gasteiger partial charge in [-0.05, 0) is 23.3 Å². The van der Waals surface area contributed by atoms with Gasteiger partial charge in [0.1, 0.15) is 0 Å². The van der Waals surface area contributed by atoms with Gasteiger partial charge in [-0.3, -0.25) is 9.13 Å². The highest BCUT2D eigenvalue weighted by atomic mass is 32.1. The van der Waals surface area contributed by atoms with Crippen molar-refractivity contribution in [2.45, 2.75) is 12.3 Å². The van der Waals surface area contributed by atoms with Gasteiger partial charge in [-0.15, -0.1) is 0 Å². The van der Waals surface area contributed by atoms with Gasteiger partial charge in [-0.1, -0.05) is 36.4 Å². The maximum atomic E-state index is 12.3. The zero-order valence-electron chi connectivity index (χ0n) is 11.3. The number of imidazole rings is 1. The zero-order chi connectivity index (χ0) is 14.1. The van der Waals surface area contributed by atoms with Crippen molar-refractivity contribution in [3.05, 3.63) is 70.1 Å². The third-order valence-corrected chi connectivity index (χ3v) is 3.96. The van der Waals surface area contributed by atoms with E-state index in [4.69, 9.17) is 0 Å². The maximum Gasteiger partial charge on any atom is 0.329 e. The molecule has 1 aromatic heterocycles. The quantitative estimate of drug-likeness (QED) is 0.736. The molecule has 0 aliphatic heterocycles. The van der Waals surface area contributed by atoms with Crippen LogP contribution in [0.3, 0.4) is 0 Å². The number of nitrogens with zero attached hydrogens (tertiary/aromatic N) is 2. The Balaban J connectivity index is 2.06. The Morgan fingerprint density at radius 3 is 2.20 bits per heavy atom. The summed E-state index contributed by atoms with van der Waals surface area (Å²) in [5.41, 5.74) is 4.25. The summed E-state index contributed by atoms with van der Waals surface area (Å²) >= 11 is 4.25. The van der Waals surface area contributed by atoms with Crippen LogP contribution < -0.4 is 5.69 Å². The lowest BCUT2D eigenvalue weighted by molar-refractivity contribution is 0.736. The predicted molar refractivity (Wildman–Crippen MR) is 85.4 cm³/mol. The van der Waals surface area contributed by atoms with Gasteiger partial charge in [0.2, 0.25) is 0 Å². The molecule has 0 saturated carbocycles. The number of hydrogen-bond donors (Lipinski definition) is 1. The minimum Gasteiger partial charge on any atom is -0.295 e. The average molecular weight is 284 g/mol. The summed E-state index contributed by atoms with van der Waals surface area (Å²) < 4.78 is 3.50. The molecule has 0 aliphatic carbocycles. The number of thiol groups is 1. The summed E-state index contributed by atoms with van der Waals surface area (Å²) in [6.45, 7) is 0.590. The molecule has 4 heteroatoms. The topological polar surface area (TPSA) is 26.9 Å². The average Bonchev–Trinajstić information content (AvgIpc) is 2.74. The van der Waals surface area contributed by atoms with Gasteiger partial charge in [0.15, 0.2) is 0 Å². The minimum absolute atomic E-state index is 0.0180. The van der Waals surface area contributed by atoms with Crippen LogP contribution in [0.1, 0.15) is 11.1 Å². The lowest BCUT2D eigenvalue weighted by atomic mass is 10.1. The fourth-order valence-electron chi connectivity index (χ4n) is 2.45. The van der Waals surface area contributed by atoms with E-state index in [1.807, 2.05) is 35.9 Å². The van der Waals surface area contributed by atoms with Crippen LogP contribution in [0.25, 0.3) is 11.0 Å². The molecule has 0 bridgehead atoms. The summed E-state index contributed by atoms with van der Waals surface area (Å²) in [6, 6.07) is 16.1. The highest BCUT2D eigenvalue weighted by Gasteiger charge is 2.09. The van der Waals surface area contributed by atoms with E-state index >= 15 is 0 Å². The fourth-order valence-corrected chi connectivity index (χ4v) is 2.66. The second kappa shape index (κ2) is 5.21. The summed E-state index contributed by atoms with van der Waals surface area (Å²) in [6.07, 6.45) is 0. The Kier molecular flexibility index (Phi) is 3.40. The zero-order valence-corrected chi connectivity index (χ0v) is 12.2. The van der Waals surface area contributed by atoms with Crippen molar-refractivity contribution in [2.24, 2.45) is 7.05 Å². The second-order valence-corrected chi connectivity index (χ2v) is 5.21. The van der Waals surface area contributed by atoms with Crippen LogP contribution in [0.5, 0.6) is 0 Å². The van der Waals surface area contributed by atoms with Crippen molar-refractivity contribution in [3.63, 3.8) is 0 Å². The molecular weight excluding hydrogens is 268 g/mol. The Morgan fingerprint density at radius 2 is 1.55 bits per heavy atom. The Hall–Kier alpha value is -1.94. The molecule has 102 valence electrons. The van der Waals surface area contributed by atoms with E-state index in [-0.39, 0.29) is 5.69 Å². The molecule has 20 heavy (non-hydrogen) atoms. The Morgan fingerprint density at radius 1 is 0.950 bits per heavy atom. The van der Waals surface area contributed by atoms with E-state index in [0.29, 0.717) is 6.54 Å². The van der Waals surface area contributed by atoms with E-state index in [2.05, 4.69) is 36.9 Å². The number of aryl methyl sites for hydroxylation is 1. The minimum atomic E-state index is 0.0180. The van der Waals surface area contributed by atoms with Crippen LogP contribution >= 0.6 is 12.6 Å². The first kappa shape index (κ1) is 13.1. The van der Waals surface area contributed by atoms with Gasteiger partial charge in [0.25, 0.3) is 0 Å². The molecule has 0 spiro atoms. The highest BCUT2D eigenvalue weighted by Crippen LogP contribution is 2.14. The van der Waals surface area contributed by atoms with Crippen LogP contribution in [-0.2, 0) is 19.3 Å². The van der Waals surface area contributed by atoms with Gasteiger partial charge < -0.3 is 0 Å². The number of hydrogen-bond acceptors (Lipinski definition) is 2. The Labute approximate surface area is 122 Å². The molecule has 3 rings (SSSR count). The summed E-state index contributed by atoms with van der Waals surface area (Å²) in [4.78, 5) is 12.3. The highest BCUT2D eigenvalue weighted by molar-refractivity contribution is 7.79. The third-order valence-electron chi connectivity index (χ3n) is 3.60. The Bertz CT molecular complexity index is 799. The van der Waals surface area contributed by atoms with Gasteiger partial charge in [-0.25, -0.2) is 4.79 Å². The molecular formula is C16H16N2OS. The molecule has 0 atom stereocenters. The molecule has 0 N–H and O–H groups in total. The number of para-hydroxylation sites is 2. The lowest BCUT2D eigenvalue weighted by Crippen LogP contribution is -2.22. The SMILES string of the molecule is Cn1c(=O)n(Cc2ccc(CS)cc2)c2ccccc21. The number of aromatic nitrogens is 2. The number of benzene rings is 2. The number of fused-ring (bicyclic) bond motifs is 1. The standard InChI is InChI=1S/C16H16N2OS/c1-17-14-4-2-3-5-15(14)18(16(17)19)10-12-6-8-13(11-20)9-7-12/h2-9,20H,10-11H2,1H3. The summed E-state index contributed by atoms with van der Waals surface area (Å²) in [5, 5.41) is 0. The van der Waals surface area contributed by atoms with E-state index < -0.39 is 0 Å². The predicted octanol–water partition coefficient (Wildman–Crippen LogP) is 2.82. The van der Waals surface area contributed by atoms with Crippen LogP contribution in [0.2, 0.25) is 0 Å². The van der Waals surface area contributed by atoms with Crippen molar-refractivity contribution in [1.29, 1.82) is 0 Å². The van der Waals surface area contributed by atoms with Crippen LogP contribution in [0, 0.1) is 0 Å². The first-order chi connectivity index (χ1) is 9.70. The van der Waals surface area contributed by atoms with Crippen LogP contribution in [-0.4, -0.2) is 9.13 Å². The summed E-state index contributed by atoms with van der Waals surface area (Å²) in [7, 11) is 1.81. The first-order valence-electron chi connectivity index (χ1n) is 6.53. The van der Waals surface area contributed by atoms with Gasteiger partial charge in [0, 0.05) is 12.8 Å². The summed E-state index contributed by atoms with van der Waals surface area (Å²) in [5.74, 6) is 0.731. The van der Waals surface area contributed by atoms with Crippen molar-refractivity contribution >= 4 is 23.7 Å².